The standard InChI is InChI=1S/C19H16N4O6/c1-29-13-5-2-11(3-6-13)8-17-20-15(10-18(25)22-17)19(26)21-14-7-4-12(23(27)28)9-16(14)24/h2-7,9-10,24H,8H2,1H3,(H,21,26)(H,20,22,25). The van der Waals surface area contributed by atoms with Gasteiger partial charge in [0.05, 0.1) is 23.8 Å². The van der Waals surface area contributed by atoms with E-state index in [0.717, 1.165) is 23.8 Å². The molecule has 3 aromatic rings. The Morgan fingerprint density at radius 1 is 1.24 bits per heavy atom. The van der Waals surface area contributed by atoms with Crippen molar-refractivity contribution in [3.8, 4) is 11.5 Å². The van der Waals surface area contributed by atoms with Crippen LogP contribution in [0.3, 0.4) is 0 Å². The molecule has 10 nitrogen and oxygen atoms in total. The van der Waals surface area contributed by atoms with Crippen molar-refractivity contribution in [3.63, 3.8) is 0 Å². The van der Waals surface area contributed by atoms with Crippen LogP contribution < -0.4 is 15.6 Å². The highest BCUT2D eigenvalue weighted by molar-refractivity contribution is 6.03. The Kier molecular flexibility index (Phi) is 5.54. The molecule has 0 unspecified atom stereocenters. The number of non-ortho nitro benzene ring substituents is 1. The first-order valence-electron chi connectivity index (χ1n) is 8.37. The highest BCUT2D eigenvalue weighted by atomic mass is 16.6. The number of aromatic hydroxyl groups is 1. The summed E-state index contributed by atoms with van der Waals surface area (Å²) >= 11 is 0. The average molecular weight is 396 g/mol. The molecule has 0 spiro atoms. The van der Waals surface area contributed by atoms with Crippen molar-refractivity contribution in [2.45, 2.75) is 6.42 Å². The summed E-state index contributed by atoms with van der Waals surface area (Å²) in [7, 11) is 1.55. The molecule has 3 rings (SSSR count). The van der Waals surface area contributed by atoms with Crippen LogP contribution in [-0.2, 0) is 6.42 Å². The fraction of sp³-hybridized carbons (Fsp3) is 0.105. The van der Waals surface area contributed by atoms with Gasteiger partial charge in [-0.05, 0) is 23.8 Å². The van der Waals surface area contributed by atoms with Crippen LogP contribution in [0.1, 0.15) is 21.9 Å². The first kappa shape index (κ1) is 19.5. The molecular formula is C19H16N4O6. The quantitative estimate of drug-likeness (QED) is 0.329. The lowest BCUT2D eigenvalue weighted by Crippen LogP contribution is -2.20. The molecule has 0 radical (unpaired) electrons. The number of aromatic nitrogens is 2. The number of nitro benzene ring substituents is 1. The summed E-state index contributed by atoms with van der Waals surface area (Å²) in [5, 5.41) is 23.0. The van der Waals surface area contributed by atoms with Crippen molar-refractivity contribution in [1.82, 2.24) is 9.97 Å². The number of nitro groups is 1. The van der Waals surface area contributed by atoms with Gasteiger partial charge in [-0.15, -0.1) is 0 Å². The second-order valence-electron chi connectivity index (χ2n) is 6.01. The molecule has 2 aromatic carbocycles. The number of hydrogen-bond acceptors (Lipinski definition) is 7. The van der Waals surface area contributed by atoms with E-state index in [2.05, 4.69) is 15.3 Å². The smallest absolute Gasteiger partial charge is 0.274 e. The molecule has 0 saturated carbocycles. The first-order chi connectivity index (χ1) is 13.9. The number of ether oxygens (including phenoxy) is 1. The van der Waals surface area contributed by atoms with Crippen LogP contribution in [0, 0.1) is 10.1 Å². The molecule has 0 aliphatic heterocycles. The number of hydrogen-bond donors (Lipinski definition) is 3. The molecule has 1 aromatic heterocycles. The number of carbonyl (C=O) groups is 1. The first-order valence-corrected chi connectivity index (χ1v) is 8.37. The molecular weight excluding hydrogens is 380 g/mol. The summed E-state index contributed by atoms with van der Waals surface area (Å²) < 4.78 is 5.09. The van der Waals surface area contributed by atoms with Gasteiger partial charge in [-0.2, -0.15) is 0 Å². The summed E-state index contributed by atoms with van der Waals surface area (Å²) in [6, 6.07) is 11.4. The third kappa shape index (κ3) is 4.75. The molecule has 0 aliphatic rings. The number of anilines is 1. The zero-order chi connectivity index (χ0) is 21.0. The van der Waals surface area contributed by atoms with Crippen molar-refractivity contribution in [3.05, 3.63) is 86.1 Å². The van der Waals surface area contributed by atoms with E-state index in [4.69, 9.17) is 4.74 Å². The number of nitrogens with one attached hydrogen (secondary N) is 2. The van der Waals surface area contributed by atoms with Crippen molar-refractivity contribution >= 4 is 17.3 Å². The highest BCUT2D eigenvalue weighted by Crippen LogP contribution is 2.28. The lowest BCUT2D eigenvalue weighted by atomic mass is 10.1. The molecule has 1 heterocycles. The number of amides is 1. The molecule has 148 valence electrons. The van der Waals surface area contributed by atoms with E-state index in [1.807, 2.05) is 0 Å². The number of carbonyl (C=O) groups excluding carboxylic acids is 1. The van der Waals surface area contributed by atoms with E-state index in [-0.39, 0.29) is 29.3 Å². The minimum Gasteiger partial charge on any atom is -0.506 e. The van der Waals surface area contributed by atoms with Crippen molar-refractivity contribution in [2.24, 2.45) is 0 Å². The van der Waals surface area contributed by atoms with Gasteiger partial charge in [0.15, 0.2) is 0 Å². The largest absolute Gasteiger partial charge is 0.506 e. The van der Waals surface area contributed by atoms with Gasteiger partial charge >= 0.3 is 0 Å². The fourth-order valence-corrected chi connectivity index (χ4v) is 2.57. The van der Waals surface area contributed by atoms with E-state index in [9.17, 15) is 24.8 Å². The average Bonchev–Trinajstić information content (AvgIpc) is 2.69. The third-order valence-corrected chi connectivity index (χ3v) is 3.99. The van der Waals surface area contributed by atoms with Crippen LogP contribution in [0.4, 0.5) is 11.4 Å². The van der Waals surface area contributed by atoms with Gasteiger partial charge in [-0.3, -0.25) is 19.7 Å². The van der Waals surface area contributed by atoms with E-state index in [1.54, 1.807) is 31.4 Å². The molecule has 10 heteroatoms. The van der Waals surface area contributed by atoms with Crippen LogP contribution >= 0.6 is 0 Å². The van der Waals surface area contributed by atoms with Gasteiger partial charge < -0.3 is 20.1 Å². The van der Waals surface area contributed by atoms with E-state index < -0.39 is 22.1 Å². The van der Waals surface area contributed by atoms with Crippen molar-refractivity contribution in [1.29, 1.82) is 0 Å². The summed E-state index contributed by atoms with van der Waals surface area (Å²) in [6.45, 7) is 0. The lowest BCUT2D eigenvalue weighted by Gasteiger charge is -2.08. The minimum atomic E-state index is -0.740. The van der Waals surface area contributed by atoms with Crippen LogP contribution in [0.5, 0.6) is 11.5 Å². The topological polar surface area (TPSA) is 147 Å². The van der Waals surface area contributed by atoms with Crippen LogP contribution in [-0.4, -0.2) is 33.0 Å². The van der Waals surface area contributed by atoms with E-state index >= 15 is 0 Å². The molecule has 0 atom stereocenters. The molecule has 0 saturated heterocycles. The summed E-state index contributed by atoms with van der Waals surface area (Å²) in [5.74, 6) is -0.251. The van der Waals surface area contributed by atoms with Gasteiger partial charge in [0, 0.05) is 18.6 Å². The molecule has 3 N–H and O–H groups in total. The van der Waals surface area contributed by atoms with Gasteiger partial charge in [0.1, 0.15) is 23.0 Å². The normalized spacial score (nSPS) is 10.4. The van der Waals surface area contributed by atoms with Crippen molar-refractivity contribution < 1.29 is 19.6 Å². The molecule has 29 heavy (non-hydrogen) atoms. The van der Waals surface area contributed by atoms with Crippen molar-refractivity contribution in [2.75, 3.05) is 12.4 Å². The second kappa shape index (κ2) is 8.21. The predicted molar refractivity (Wildman–Crippen MR) is 103 cm³/mol. The Labute approximate surface area is 164 Å². The lowest BCUT2D eigenvalue weighted by molar-refractivity contribution is -0.384. The number of aromatic amines is 1. The zero-order valence-electron chi connectivity index (χ0n) is 15.2. The van der Waals surface area contributed by atoms with E-state index in [0.29, 0.717) is 5.75 Å². The van der Waals surface area contributed by atoms with Gasteiger partial charge in [0.25, 0.3) is 17.2 Å². The summed E-state index contributed by atoms with van der Waals surface area (Å²) in [5.41, 5.74) is -0.188. The predicted octanol–water partition coefficient (Wildman–Crippen LogP) is 2.24. The fourth-order valence-electron chi connectivity index (χ4n) is 2.57. The van der Waals surface area contributed by atoms with Gasteiger partial charge in [0.2, 0.25) is 0 Å². The minimum absolute atomic E-state index is 0.0422. The Morgan fingerprint density at radius 2 is 1.97 bits per heavy atom. The number of phenolic OH excluding ortho intramolecular Hbond substituents is 1. The molecule has 0 bridgehead atoms. The number of methoxy groups -OCH3 is 1. The maximum absolute atomic E-state index is 12.4. The zero-order valence-corrected chi connectivity index (χ0v) is 15.2. The second-order valence-corrected chi connectivity index (χ2v) is 6.01. The number of benzene rings is 2. The Balaban J connectivity index is 1.80. The Morgan fingerprint density at radius 3 is 2.59 bits per heavy atom. The monoisotopic (exact) mass is 396 g/mol. The number of H-pyrrole nitrogens is 1. The van der Waals surface area contributed by atoms with Gasteiger partial charge in [-0.1, -0.05) is 12.1 Å². The Hall–Kier alpha value is -4.21. The SMILES string of the molecule is COc1ccc(Cc2nc(C(=O)Nc3ccc([N+](=O)[O-])cc3O)cc(=O)[nH]2)cc1. The van der Waals surface area contributed by atoms with Crippen LogP contribution in [0.25, 0.3) is 0 Å². The number of rotatable bonds is 6. The maximum atomic E-state index is 12.4. The third-order valence-electron chi connectivity index (χ3n) is 3.99. The summed E-state index contributed by atoms with van der Waals surface area (Å²) in [4.78, 5) is 41.1. The van der Waals surface area contributed by atoms with Gasteiger partial charge in [-0.25, -0.2) is 4.98 Å². The van der Waals surface area contributed by atoms with Crippen LogP contribution in [0.15, 0.2) is 53.3 Å². The molecule has 1 amide bonds. The van der Waals surface area contributed by atoms with E-state index in [1.165, 1.54) is 6.07 Å². The Bertz CT molecular complexity index is 1120. The number of phenols is 1. The summed E-state index contributed by atoms with van der Waals surface area (Å²) in [6.07, 6.45) is 0.281. The number of nitrogens with zero attached hydrogens (tertiary/aromatic N) is 2. The molecule has 0 aliphatic carbocycles. The van der Waals surface area contributed by atoms with Crippen LogP contribution in [0.2, 0.25) is 0 Å². The molecule has 0 fully saturated rings. The highest BCUT2D eigenvalue weighted by Gasteiger charge is 2.15. The maximum Gasteiger partial charge on any atom is 0.274 e.